The van der Waals surface area contributed by atoms with Crippen LogP contribution in [0.25, 0.3) is 6.08 Å². The SMILES string of the molecule is COc1cc(/C=C2\N=C(c3ccccc3)N(c3ccc(S(=O)(=O)Nc4nccs4)cc3)C2=O)ccc1O. The van der Waals surface area contributed by atoms with E-state index >= 15 is 0 Å². The van der Waals surface area contributed by atoms with E-state index in [1.165, 1.54) is 47.7 Å². The van der Waals surface area contributed by atoms with E-state index in [-0.39, 0.29) is 33.1 Å². The van der Waals surface area contributed by atoms with Gasteiger partial charge in [0.2, 0.25) is 0 Å². The van der Waals surface area contributed by atoms with Gasteiger partial charge in [-0.25, -0.2) is 18.4 Å². The summed E-state index contributed by atoms with van der Waals surface area (Å²) < 4.78 is 33.0. The lowest BCUT2D eigenvalue weighted by molar-refractivity contribution is -0.113. The second-order valence-corrected chi connectivity index (χ2v) is 10.4. The summed E-state index contributed by atoms with van der Waals surface area (Å²) in [4.78, 5) is 23.6. The zero-order valence-corrected chi connectivity index (χ0v) is 21.0. The summed E-state index contributed by atoms with van der Waals surface area (Å²) in [5.74, 6) is 0.269. The van der Waals surface area contributed by atoms with Gasteiger partial charge in [-0.15, -0.1) is 11.3 Å². The summed E-state index contributed by atoms with van der Waals surface area (Å²) in [6, 6.07) is 19.9. The number of aliphatic imine (C=N–C) groups is 1. The molecule has 0 aliphatic carbocycles. The van der Waals surface area contributed by atoms with Crippen LogP contribution >= 0.6 is 11.3 Å². The Hall–Kier alpha value is -4.48. The Balaban J connectivity index is 1.51. The van der Waals surface area contributed by atoms with E-state index in [9.17, 15) is 18.3 Å². The maximum absolute atomic E-state index is 13.5. The normalized spacial score (nSPS) is 14.6. The van der Waals surface area contributed by atoms with Gasteiger partial charge >= 0.3 is 0 Å². The molecule has 0 spiro atoms. The molecule has 5 rings (SSSR count). The molecule has 2 heterocycles. The highest BCUT2D eigenvalue weighted by Crippen LogP contribution is 2.31. The fourth-order valence-electron chi connectivity index (χ4n) is 3.70. The lowest BCUT2D eigenvalue weighted by Crippen LogP contribution is -2.32. The van der Waals surface area contributed by atoms with Crippen molar-refractivity contribution < 1.29 is 23.1 Å². The van der Waals surface area contributed by atoms with Crippen molar-refractivity contribution in [3.63, 3.8) is 0 Å². The molecule has 0 unspecified atom stereocenters. The molecule has 1 amide bonds. The fraction of sp³-hybridized carbons (Fsp3) is 0.0385. The molecule has 0 radical (unpaired) electrons. The number of hydrogen-bond acceptors (Lipinski definition) is 8. The van der Waals surface area contributed by atoms with Crippen molar-refractivity contribution in [2.75, 3.05) is 16.7 Å². The first-order chi connectivity index (χ1) is 17.9. The number of methoxy groups -OCH3 is 1. The Bertz CT molecular complexity index is 1620. The third-order valence-electron chi connectivity index (χ3n) is 5.46. The first-order valence-electron chi connectivity index (χ1n) is 11.0. The average Bonchev–Trinajstić information content (AvgIpc) is 3.53. The number of benzene rings is 3. The lowest BCUT2D eigenvalue weighted by Gasteiger charge is -2.19. The number of hydrogen-bond donors (Lipinski definition) is 2. The predicted octanol–water partition coefficient (Wildman–Crippen LogP) is 4.49. The number of phenols is 1. The second kappa shape index (κ2) is 9.88. The van der Waals surface area contributed by atoms with Crippen LogP contribution in [-0.4, -0.2) is 37.4 Å². The zero-order valence-electron chi connectivity index (χ0n) is 19.4. The monoisotopic (exact) mass is 532 g/mol. The highest BCUT2D eigenvalue weighted by atomic mass is 32.2. The number of ether oxygens (including phenoxy) is 1. The molecule has 0 saturated carbocycles. The fourth-order valence-corrected chi connectivity index (χ4v) is 5.49. The van der Waals surface area contributed by atoms with E-state index in [0.717, 1.165) is 0 Å². The minimum absolute atomic E-state index is 0.0168. The van der Waals surface area contributed by atoms with Crippen molar-refractivity contribution in [3.8, 4) is 11.5 Å². The number of carbonyl (C=O) groups is 1. The molecule has 1 aromatic heterocycles. The summed E-state index contributed by atoms with van der Waals surface area (Å²) >= 11 is 1.17. The number of amides is 1. The Morgan fingerprint density at radius 2 is 1.81 bits per heavy atom. The third-order valence-corrected chi connectivity index (χ3v) is 7.63. The van der Waals surface area contributed by atoms with Crippen LogP contribution in [0.3, 0.4) is 0 Å². The number of amidine groups is 1. The van der Waals surface area contributed by atoms with Crippen LogP contribution in [0.2, 0.25) is 0 Å². The first kappa shape index (κ1) is 24.2. The molecule has 11 heteroatoms. The maximum atomic E-state index is 13.5. The largest absolute Gasteiger partial charge is 0.504 e. The van der Waals surface area contributed by atoms with Crippen LogP contribution < -0.4 is 14.4 Å². The maximum Gasteiger partial charge on any atom is 0.282 e. The summed E-state index contributed by atoms with van der Waals surface area (Å²) in [5, 5.41) is 11.8. The number of rotatable bonds is 7. The Morgan fingerprint density at radius 3 is 2.49 bits per heavy atom. The van der Waals surface area contributed by atoms with Crippen molar-refractivity contribution >= 4 is 50.0 Å². The van der Waals surface area contributed by atoms with Crippen LogP contribution in [0.1, 0.15) is 11.1 Å². The van der Waals surface area contributed by atoms with Gasteiger partial charge in [0.05, 0.1) is 17.7 Å². The number of aromatic hydroxyl groups is 1. The molecule has 3 aromatic carbocycles. The number of phenolic OH excluding ortho intramolecular Hbond substituents is 1. The molecule has 0 saturated heterocycles. The number of nitrogens with zero attached hydrogens (tertiary/aromatic N) is 3. The molecular formula is C26H20N4O5S2. The number of anilines is 2. The standard InChI is InChI=1S/C26H20N4O5S2/c1-35-23-16-17(7-12-22(23)31)15-21-25(32)30(24(28-21)18-5-3-2-4-6-18)19-8-10-20(11-9-19)37(33,34)29-26-27-13-14-36-26/h2-16,31H,1H3,(H,27,29)/b21-15-. The number of aromatic nitrogens is 1. The van der Waals surface area contributed by atoms with E-state index in [2.05, 4.69) is 14.7 Å². The van der Waals surface area contributed by atoms with Gasteiger partial charge in [-0.2, -0.15) is 0 Å². The van der Waals surface area contributed by atoms with Crippen molar-refractivity contribution in [2.24, 2.45) is 4.99 Å². The Kier molecular flexibility index (Phi) is 6.47. The smallest absolute Gasteiger partial charge is 0.282 e. The number of nitrogens with one attached hydrogen (secondary N) is 1. The molecule has 2 N–H and O–H groups in total. The summed E-state index contributed by atoms with van der Waals surface area (Å²) in [5.41, 5.74) is 1.96. The highest BCUT2D eigenvalue weighted by molar-refractivity contribution is 7.93. The molecule has 4 aromatic rings. The van der Waals surface area contributed by atoms with Gasteiger partial charge in [-0.1, -0.05) is 36.4 Å². The molecule has 0 fully saturated rings. The molecule has 186 valence electrons. The van der Waals surface area contributed by atoms with Gasteiger partial charge in [0.1, 0.15) is 11.5 Å². The minimum atomic E-state index is -3.84. The Labute approximate surface area is 217 Å². The third kappa shape index (κ3) is 4.95. The molecule has 9 nitrogen and oxygen atoms in total. The van der Waals surface area contributed by atoms with Crippen LogP contribution in [0, 0.1) is 0 Å². The van der Waals surface area contributed by atoms with Gasteiger partial charge in [0, 0.05) is 17.1 Å². The van der Waals surface area contributed by atoms with Crippen molar-refractivity contribution in [1.82, 2.24) is 4.98 Å². The molecule has 1 aliphatic rings. The lowest BCUT2D eigenvalue weighted by atomic mass is 10.1. The number of sulfonamides is 1. The number of carbonyl (C=O) groups excluding carboxylic acids is 1. The number of thiazole rings is 1. The van der Waals surface area contributed by atoms with Crippen LogP contribution in [0.5, 0.6) is 11.5 Å². The average molecular weight is 533 g/mol. The minimum Gasteiger partial charge on any atom is -0.504 e. The van der Waals surface area contributed by atoms with E-state index in [0.29, 0.717) is 22.6 Å². The van der Waals surface area contributed by atoms with Gasteiger partial charge in [-0.3, -0.25) is 14.4 Å². The molecule has 37 heavy (non-hydrogen) atoms. The quantitative estimate of drug-likeness (QED) is 0.338. The zero-order chi connectivity index (χ0) is 26.0. The van der Waals surface area contributed by atoms with Crippen LogP contribution in [0.4, 0.5) is 10.8 Å². The first-order valence-corrected chi connectivity index (χ1v) is 13.3. The van der Waals surface area contributed by atoms with E-state index in [1.54, 1.807) is 35.7 Å². The van der Waals surface area contributed by atoms with Gasteiger partial charge < -0.3 is 9.84 Å². The molecule has 0 atom stereocenters. The van der Waals surface area contributed by atoms with Crippen molar-refractivity contribution in [1.29, 1.82) is 0 Å². The molecule has 0 bridgehead atoms. The van der Waals surface area contributed by atoms with E-state index in [1.807, 2.05) is 30.3 Å². The van der Waals surface area contributed by atoms with Crippen molar-refractivity contribution in [2.45, 2.75) is 4.90 Å². The summed E-state index contributed by atoms with van der Waals surface area (Å²) in [6.07, 6.45) is 3.11. The van der Waals surface area contributed by atoms with Crippen LogP contribution in [0.15, 0.2) is 100.0 Å². The van der Waals surface area contributed by atoms with Crippen LogP contribution in [-0.2, 0) is 14.8 Å². The van der Waals surface area contributed by atoms with Gasteiger partial charge in [-0.05, 0) is 48.0 Å². The summed E-state index contributed by atoms with van der Waals surface area (Å²) in [6.45, 7) is 0. The summed E-state index contributed by atoms with van der Waals surface area (Å²) in [7, 11) is -2.40. The predicted molar refractivity (Wildman–Crippen MR) is 142 cm³/mol. The van der Waals surface area contributed by atoms with E-state index < -0.39 is 10.0 Å². The van der Waals surface area contributed by atoms with Gasteiger partial charge in [0.15, 0.2) is 16.6 Å². The topological polar surface area (TPSA) is 121 Å². The van der Waals surface area contributed by atoms with E-state index in [4.69, 9.17) is 4.74 Å². The molecule has 1 aliphatic heterocycles. The second-order valence-electron chi connectivity index (χ2n) is 7.84. The molecular weight excluding hydrogens is 512 g/mol. The Morgan fingerprint density at radius 1 is 1.05 bits per heavy atom. The highest BCUT2D eigenvalue weighted by Gasteiger charge is 2.32. The van der Waals surface area contributed by atoms with Gasteiger partial charge in [0.25, 0.3) is 15.9 Å². The van der Waals surface area contributed by atoms with Crippen molar-refractivity contribution in [3.05, 3.63) is 101 Å².